The average Bonchev–Trinajstić information content (AvgIpc) is 1.18. The van der Waals surface area contributed by atoms with Gasteiger partial charge in [-0.2, -0.15) is 0 Å². The molecule has 0 rings (SSSR count). The minimum Gasteiger partial charge on any atom is -0.462 e. The molecule has 4 unspecified atom stereocenters. The maximum absolute atomic E-state index is 13.1. The van der Waals surface area contributed by atoms with E-state index in [0.29, 0.717) is 25.7 Å². The molecule has 99 heavy (non-hydrogen) atoms. The third-order valence-corrected chi connectivity index (χ3v) is 21.3. The van der Waals surface area contributed by atoms with Gasteiger partial charge in [0.1, 0.15) is 19.3 Å². The first-order valence-electron chi connectivity index (χ1n) is 41.6. The second-order valence-corrected chi connectivity index (χ2v) is 32.2. The van der Waals surface area contributed by atoms with Crippen LogP contribution in [0.3, 0.4) is 0 Å². The molecule has 0 aromatic rings. The summed E-state index contributed by atoms with van der Waals surface area (Å²) in [6.07, 6.45) is 61.0. The minimum absolute atomic E-state index is 0.108. The number of esters is 4. The summed E-state index contributed by atoms with van der Waals surface area (Å²) in [5.74, 6) is -0.417. The number of hydrogen-bond acceptors (Lipinski definition) is 15. The molecule has 0 aromatic heterocycles. The number of carbonyl (C=O) groups excluding carboxylic acids is 4. The standard InChI is InChI=1S/C80H156O17P2/c1-7-11-13-15-17-18-19-20-21-22-30-35-40-46-52-58-64-79(84)96-75(68-90-77(82)62-56-50-42-16-14-12-8-2)70-94-98(86,87)92-66-74(81)67-93-99(88,89)95-71-76(97-80(85)65-59-53-47-41-36-31-26-24-28-33-38-44-49-55-61-73(6)10-4)69-91-78(83)63-57-51-45-39-34-29-25-23-27-32-37-43-48-54-60-72(5)9-3/h72-76,81H,7-71H2,1-6H3,(H,86,87)(H,88,89)/t72?,73?,74-,75+,76+/m0/s1. The Bertz CT molecular complexity index is 1910. The molecule has 0 aliphatic heterocycles. The highest BCUT2D eigenvalue weighted by atomic mass is 31.2. The van der Waals surface area contributed by atoms with Crippen LogP contribution in [0.1, 0.15) is 420 Å². The van der Waals surface area contributed by atoms with Crippen molar-refractivity contribution in [2.75, 3.05) is 39.6 Å². The van der Waals surface area contributed by atoms with Crippen LogP contribution in [0.25, 0.3) is 0 Å². The highest BCUT2D eigenvalue weighted by molar-refractivity contribution is 7.47. The third-order valence-electron chi connectivity index (χ3n) is 19.4. The highest BCUT2D eigenvalue weighted by Gasteiger charge is 2.30. The lowest BCUT2D eigenvalue weighted by molar-refractivity contribution is -0.161. The third kappa shape index (κ3) is 71.5. The molecule has 588 valence electrons. The lowest BCUT2D eigenvalue weighted by atomic mass is 9.99. The molecule has 0 aliphatic rings. The SMILES string of the molecule is CCCCCCCCCCCCCCCCCCC(=O)O[C@H](COC(=O)CCCCCCCCC)COP(=O)(O)OC[C@H](O)COP(=O)(O)OC[C@@H](COC(=O)CCCCCCCCCCCCCCCCC(C)CC)OC(=O)CCCCCCCCCCCCCCCCC(C)CC. The van der Waals surface area contributed by atoms with E-state index >= 15 is 0 Å². The molecule has 0 spiro atoms. The number of phosphoric acid groups is 2. The fourth-order valence-electron chi connectivity index (χ4n) is 12.3. The van der Waals surface area contributed by atoms with E-state index in [-0.39, 0.29) is 25.7 Å². The van der Waals surface area contributed by atoms with Crippen molar-refractivity contribution >= 4 is 39.5 Å². The van der Waals surface area contributed by atoms with Crippen LogP contribution >= 0.6 is 15.6 Å². The summed E-state index contributed by atoms with van der Waals surface area (Å²) >= 11 is 0. The molecule has 0 heterocycles. The Kier molecular flexibility index (Phi) is 70.3. The summed E-state index contributed by atoms with van der Waals surface area (Å²) in [6.45, 7) is 9.70. The molecule has 0 fully saturated rings. The predicted octanol–water partition coefficient (Wildman–Crippen LogP) is 23.9. The predicted molar refractivity (Wildman–Crippen MR) is 405 cm³/mol. The Hall–Kier alpha value is -1.94. The quantitative estimate of drug-likeness (QED) is 0.0222. The Morgan fingerprint density at radius 3 is 0.717 bits per heavy atom. The molecule has 17 nitrogen and oxygen atoms in total. The van der Waals surface area contributed by atoms with Crippen LogP contribution in [0, 0.1) is 11.8 Å². The molecule has 0 amide bonds. The molecular weight excluding hydrogens is 1290 g/mol. The number of ether oxygens (including phenoxy) is 4. The van der Waals surface area contributed by atoms with Crippen molar-refractivity contribution in [1.82, 2.24) is 0 Å². The van der Waals surface area contributed by atoms with Crippen LogP contribution < -0.4 is 0 Å². The van der Waals surface area contributed by atoms with Gasteiger partial charge in [-0.05, 0) is 37.5 Å². The average molecular weight is 1450 g/mol. The van der Waals surface area contributed by atoms with Gasteiger partial charge >= 0.3 is 39.5 Å². The molecule has 0 saturated heterocycles. The largest absolute Gasteiger partial charge is 0.472 e. The van der Waals surface area contributed by atoms with Gasteiger partial charge in [-0.3, -0.25) is 37.3 Å². The van der Waals surface area contributed by atoms with Crippen LogP contribution in [-0.4, -0.2) is 96.7 Å². The zero-order valence-corrected chi connectivity index (χ0v) is 66.6. The number of phosphoric ester groups is 2. The second-order valence-electron chi connectivity index (χ2n) is 29.3. The van der Waals surface area contributed by atoms with Crippen molar-refractivity contribution in [1.29, 1.82) is 0 Å². The number of aliphatic hydroxyl groups excluding tert-OH is 1. The van der Waals surface area contributed by atoms with Gasteiger partial charge in [0.2, 0.25) is 0 Å². The summed E-state index contributed by atoms with van der Waals surface area (Å²) < 4.78 is 68.6. The van der Waals surface area contributed by atoms with Crippen LogP contribution in [0.2, 0.25) is 0 Å². The van der Waals surface area contributed by atoms with Crippen molar-refractivity contribution in [2.45, 2.75) is 439 Å². The van der Waals surface area contributed by atoms with Gasteiger partial charge in [-0.15, -0.1) is 0 Å². The first-order valence-corrected chi connectivity index (χ1v) is 44.6. The van der Waals surface area contributed by atoms with Gasteiger partial charge in [0.25, 0.3) is 0 Å². The Labute approximate surface area is 607 Å². The van der Waals surface area contributed by atoms with Crippen LogP contribution in [-0.2, 0) is 65.4 Å². The summed E-state index contributed by atoms with van der Waals surface area (Å²) in [5.41, 5.74) is 0. The van der Waals surface area contributed by atoms with Crippen LogP contribution in [0.15, 0.2) is 0 Å². The maximum Gasteiger partial charge on any atom is 0.472 e. The van der Waals surface area contributed by atoms with Gasteiger partial charge in [-0.25, -0.2) is 9.13 Å². The number of carbonyl (C=O) groups is 4. The lowest BCUT2D eigenvalue weighted by Gasteiger charge is -2.21. The molecule has 0 radical (unpaired) electrons. The normalized spacial score (nSPS) is 14.5. The zero-order chi connectivity index (χ0) is 72.8. The lowest BCUT2D eigenvalue weighted by Crippen LogP contribution is -2.30. The van der Waals surface area contributed by atoms with E-state index in [1.165, 1.54) is 225 Å². The van der Waals surface area contributed by atoms with E-state index in [9.17, 15) is 43.2 Å². The van der Waals surface area contributed by atoms with Gasteiger partial charge in [0, 0.05) is 25.7 Å². The molecule has 0 aromatic carbocycles. The number of aliphatic hydroxyl groups is 1. The Morgan fingerprint density at radius 1 is 0.283 bits per heavy atom. The molecular formula is C80H156O17P2. The van der Waals surface area contributed by atoms with E-state index < -0.39 is 97.5 Å². The van der Waals surface area contributed by atoms with E-state index in [0.717, 1.165) is 115 Å². The summed E-state index contributed by atoms with van der Waals surface area (Å²) in [4.78, 5) is 72.9. The Morgan fingerprint density at radius 2 is 0.485 bits per heavy atom. The van der Waals surface area contributed by atoms with Crippen LogP contribution in [0.5, 0.6) is 0 Å². The number of hydrogen-bond donors (Lipinski definition) is 3. The molecule has 7 atom stereocenters. The van der Waals surface area contributed by atoms with Crippen molar-refractivity contribution in [2.24, 2.45) is 11.8 Å². The first kappa shape index (κ1) is 97.1. The van der Waals surface area contributed by atoms with Crippen molar-refractivity contribution < 1.29 is 80.2 Å². The molecule has 0 aliphatic carbocycles. The van der Waals surface area contributed by atoms with Gasteiger partial charge in [0.05, 0.1) is 26.4 Å². The minimum atomic E-state index is -4.96. The fraction of sp³-hybridized carbons (Fsp3) is 0.950. The highest BCUT2D eigenvalue weighted by Crippen LogP contribution is 2.45. The van der Waals surface area contributed by atoms with Crippen LogP contribution in [0.4, 0.5) is 0 Å². The van der Waals surface area contributed by atoms with E-state index in [4.69, 9.17) is 37.0 Å². The topological polar surface area (TPSA) is 237 Å². The smallest absolute Gasteiger partial charge is 0.462 e. The first-order chi connectivity index (χ1) is 47.9. The van der Waals surface area contributed by atoms with E-state index in [1.807, 2.05) is 0 Å². The van der Waals surface area contributed by atoms with Crippen molar-refractivity contribution in [3.8, 4) is 0 Å². The number of unbranched alkanes of at least 4 members (excludes halogenated alkanes) is 47. The van der Waals surface area contributed by atoms with E-state index in [2.05, 4.69) is 41.5 Å². The molecule has 19 heteroatoms. The fourth-order valence-corrected chi connectivity index (χ4v) is 13.9. The van der Waals surface area contributed by atoms with E-state index in [1.54, 1.807) is 0 Å². The maximum atomic E-state index is 13.1. The van der Waals surface area contributed by atoms with Gasteiger partial charge in [-0.1, -0.05) is 369 Å². The van der Waals surface area contributed by atoms with Crippen molar-refractivity contribution in [3.05, 3.63) is 0 Å². The molecule has 0 saturated carbocycles. The van der Waals surface area contributed by atoms with Gasteiger partial charge < -0.3 is 33.8 Å². The zero-order valence-electron chi connectivity index (χ0n) is 64.8. The Balaban J connectivity index is 5.19. The molecule has 3 N–H and O–H groups in total. The number of rotatable bonds is 79. The summed E-state index contributed by atoms with van der Waals surface area (Å²) in [7, 11) is -9.91. The van der Waals surface area contributed by atoms with Crippen molar-refractivity contribution in [3.63, 3.8) is 0 Å². The van der Waals surface area contributed by atoms with Gasteiger partial charge in [0.15, 0.2) is 12.2 Å². The second kappa shape index (κ2) is 71.7. The summed E-state index contributed by atoms with van der Waals surface area (Å²) in [6, 6.07) is 0. The summed E-state index contributed by atoms with van der Waals surface area (Å²) in [5, 5.41) is 10.6. The monoisotopic (exact) mass is 1450 g/mol. The molecule has 0 bridgehead atoms.